The van der Waals surface area contributed by atoms with Crippen LogP contribution in [0.5, 0.6) is 0 Å². The number of nitrogens with zero attached hydrogens (tertiary/aromatic N) is 6. The molecule has 0 N–H and O–H groups in total. The van der Waals surface area contributed by atoms with Crippen LogP contribution in [0.3, 0.4) is 0 Å². The smallest absolute Gasteiger partial charge is 0.294 e. The first-order valence-corrected chi connectivity index (χ1v) is 11.9. The van der Waals surface area contributed by atoms with Crippen molar-refractivity contribution in [2.45, 2.75) is 45.1 Å². The summed E-state index contributed by atoms with van der Waals surface area (Å²) in [5.74, 6) is 0.671. The maximum absolute atomic E-state index is 13.2. The Bertz CT molecular complexity index is 1430. The fraction of sp³-hybridized carbons (Fsp3) is 0.391. The van der Waals surface area contributed by atoms with E-state index < -0.39 is 0 Å². The molecule has 2 atom stereocenters. The van der Waals surface area contributed by atoms with Crippen molar-refractivity contribution in [3.63, 3.8) is 0 Å². The van der Waals surface area contributed by atoms with E-state index in [0.29, 0.717) is 28.8 Å². The number of anilines is 1. The van der Waals surface area contributed by atoms with Gasteiger partial charge in [-0.3, -0.25) is 14.2 Å². The van der Waals surface area contributed by atoms with Crippen LogP contribution in [0.15, 0.2) is 33.6 Å². The monoisotopic (exact) mass is 482 g/mol. The zero-order chi connectivity index (χ0) is 24.0. The third-order valence-corrected chi connectivity index (χ3v) is 7.15. The molecule has 0 aliphatic carbocycles. The lowest BCUT2D eigenvalue weighted by atomic mass is 9.92. The lowest BCUT2D eigenvalue weighted by Crippen LogP contribution is -2.36. The standard InChI is InChI=1S/C23H23FN6O3S/c1-12(14-6-8-15(24)9-7-14)11-17(31)16-5-4-10-30(16)23-26-18-21(34-23)27-19(29(3)22(18)32)20-25-13(2)28-33-20/h6-9,12,16H,4-5,10-11H2,1-3H3/t12-,16+/m0/s1. The van der Waals surface area contributed by atoms with Crippen LogP contribution in [0.4, 0.5) is 9.52 Å². The Kier molecular flexibility index (Phi) is 5.72. The van der Waals surface area contributed by atoms with Gasteiger partial charge in [0.05, 0.1) is 6.04 Å². The van der Waals surface area contributed by atoms with E-state index in [4.69, 9.17) is 4.52 Å². The number of benzene rings is 1. The van der Waals surface area contributed by atoms with Crippen molar-refractivity contribution in [2.24, 2.45) is 7.05 Å². The van der Waals surface area contributed by atoms with Gasteiger partial charge in [0, 0.05) is 20.0 Å². The molecule has 0 unspecified atom stereocenters. The molecule has 1 aliphatic rings. The number of aryl methyl sites for hydroxylation is 1. The highest BCUT2D eigenvalue weighted by atomic mass is 32.1. The Morgan fingerprint density at radius 1 is 1.26 bits per heavy atom. The molecule has 0 spiro atoms. The molecule has 1 aromatic carbocycles. The highest BCUT2D eigenvalue weighted by Crippen LogP contribution is 2.34. The van der Waals surface area contributed by atoms with Crippen molar-refractivity contribution in [3.8, 4) is 11.7 Å². The van der Waals surface area contributed by atoms with Crippen LogP contribution in [0.25, 0.3) is 22.1 Å². The molecule has 1 aliphatic heterocycles. The highest BCUT2D eigenvalue weighted by molar-refractivity contribution is 7.21. The van der Waals surface area contributed by atoms with E-state index in [2.05, 4.69) is 20.1 Å². The number of Topliss-reactive ketones (excluding diaryl/α,β-unsaturated/α-hetero) is 1. The first kappa shape index (κ1) is 22.3. The van der Waals surface area contributed by atoms with E-state index >= 15 is 0 Å². The van der Waals surface area contributed by atoms with Crippen LogP contribution < -0.4 is 10.5 Å². The molecule has 5 rings (SSSR count). The number of thiazole rings is 1. The van der Waals surface area contributed by atoms with Crippen molar-refractivity contribution in [1.29, 1.82) is 0 Å². The normalized spacial score (nSPS) is 16.9. The first-order chi connectivity index (χ1) is 16.3. The van der Waals surface area contributed by atoms with Crippen molar-refractivity contribution in [2.75, 3.05) is 11.4 Å². The largest absolute Gasteiger partial charge is 0.338 e. The quantitative estimate of drug-likeness (QED) is 0.410. The molecule has 4 aromatic rings. The van der Waals surface area contributed by atoms with Gasteiger partial charge in [0.25, 0.3) is 11.4 Å². The van der Waals surface area contributed by atoms with Crippen molar-refractivity contribution in [3.05, 3.63) is 51.8 Å². The molecule has 0 saturated carbocycles. The number of fused-ring (bicyclic) bond motifs is 1. The summed E-state index contributed by atoms with van der Waals surface area (Å²) >= 11 is 1.28. The van der Waals surface area contributed by atoms with Gasteiger partial charge in [-0.2, -0.15) is 4.98 Å². The predicted octanol–water partition coefficient (Wildman–Crippen LogP) is 3.62. The third-order valence-electron chi connectivity index (χ3n) is 6.17. The third kappa shape index (κ3) is 4.00. The molecule has 0 amide bonds. The van der Waals surface area contributed by atoms with Gasteiger partial charge in [-0.25, -0.2) is 14.4 Å². The van der Waals surface area contributed by atoms with E-state index in [-0.39, 0.29) is 46.4 Å². The van der Waals surface area contributed by atoms with Crippen LogP contribution in [0.2, 0.25) is 0 Å². The summed E-state index contributed by atoms with van der Waals surface area (Å²) in [5.41, 5.74) is 0.862. The molecule has 34 heavy (non-hydrogen) atoms. The van der Waals surface area contributed by atoms with Gasteiger partial charge in [-0.05, 0) is 43.4 Å². The van der Waals surface area contributed by atoms with Gasteiger partial charge in [-0.1, -0.05) is 35.5 Å². The van der Waals surface area contributed by atoms with Crippen molar-refractivity contribution in [1.82, 2.24) is 24.7 Å². The van der Waals surface area contributed by atoms with Gasteiger partial charge in [-0.15, -0.1) is 0 Å². The molecule has 3 aromatic heterocycles. The predicted molar refractivity (Wildman–Crippen MR) is 125 cm³/mol. The number of hydrogen-bond acceptors (Lipinski definition) is 9. The van der Waals surface area contributed by atoms with Crippen molar-refractivity contribution >= 4 is 32.6 Å². The maximum atomic E-state index is 13.2. The van der Waals surface area contributed by atoms with Crippen LogP contribution in [0.1, 0.15) is 43.5 Å². The summed E-state index contributed by atoms with van der Waals surface area (Å²) in [6, 6.07) is 5.95. The maximum Gasteiger partial charge on any atom is 0.294 e. The summed E-state index contributed by atoms with van der Waals surface area (Å²) in [6.07, 6.45) is 1.93. The molecule has 11 heteroatoms. The van der Waals surface area contributed by atoms with Crippen LogP contribution >= 0.6 is 11.3 Å². The number of aromatic nitrogens is 5. The van der Waals surface area contributed by atoms with Crippen LogP contribution in [-0.2, 0) is 11.8 Å². The lowest BCUT2D eigenvalue weighted by Gasteiger charge is -2.24. The Hall–Kier alpha value is -3.47. The van der Waals surface area contributed by atoms with Gasteiger partial charge in [0.2, 0.25) is 5.82 Å². The van der Waals surface area contributed by atoms with E-state index in [9.17, 15) is 14.0 Å². The minimum atomic E-state index is -0.314. The first-order valence-electron chi connectivity index (χ1n) is 11.0. The average molecular weight is 483 g/mol. The molecule has 1 saturated heterocycles. The van der Waals surface area contributed by atoms with E-state index in [1.54, 1.807) is 26.1 Å². The number of rotatable bonds is 6. The van der Waals surface area contributed by atoms with Crippen molar-refractivity contribution < 1.29 is 13.7 Å². The molecule has 4 heterocycles. The Morgan fingerprint density at radius 2 is 2.03 bits per heavy atom. The SMILES string of the molecule is Cc1noc(-c2nc3sc(N4CCC[C@@H]4C(=O)C[C@H](C)c4ccc(F)cc4)nc3c(=O)n2C)n1. The molecule has 9 nitrogen and oxygen atoms in total. The van der Waals surface area contributed by atoms with E-state index in [1.807, 2.05) is 11.8 Å². The Labute approximate surface area is 198 Å². The molecule has 0 radical (unpaired) electrons. The van der Waals surface area contributed by atoms with Gasteiger partial charge in [0.15, 0.2) is 27.1 Å². The number of carbonyl (C=O) groups is 1. The summed E-state index contributed by atoms with van der Waals surface area (Å²) in [7, 11) is 1.59. The Balaban J connectivity index is 1.42. The summed E-state index contributed by atoms with van der Waals surface area (Å²) < 4.78 is 19.8. The zero-order valence-electron chi connectivity index (χ0n) is 19.0. The Morgan fingerprint density at radius 3 is 2.74 bits per heavy atom. The van der Waals surface area contributed by atoms with Crippen LogP contribution in [-0.4, -0.2) is 43.0 Å². The average Bonchev–Trinajstić information content (AvgIpc) is 3.55. The summed E-state index contributed by atoms with van der Waals surface area (Å²) in [6.45, 7) is 4.34. The van der Waals surface area contributed by atoms with E-state index in [0.717, 1.165) is 18.4 Å². The van der Waals surface area contributed by atoms with Gasteiger partial charge in [0.1, 0.15) is 5.82 Å². The molecular weight excluding hydrogens is 459 g/mol. The molecule has 0 bridgehead atoms. The zero-order valence-corrected chi connectivity index (χ0v) is 19.8. The molecule has 1 fully saturated rings. The minimum Gasteiger partial charge on any atom is -0.338 e. The molecular formula is C23H23FN6O3S. The number of carbonyl (C=O) groups excluding carboxylic acids is 1. The highest BCUT2D eigenvalue weighted by Gasteiger charge is 2.34. The van der Waals surface area contributed by atoms with Gasteiger partial charge >= 0.3 is 0 Å². The summed E-state index contributed by atoms with van der Waals surface area (Å²) in [5, 5.41) is 4.37. The van der Waals surface area contributed by atoms with Gasteiger partial charge < -0.3 is 9.42 Å². The number of halogens is 1. The topological polar surface area (TPSA) is 107 Å². The van der Waals surface area contributed by atoms with E-state index in [1.165, 1.54) is 28.0 Å². The summed E-state index contributed by atoms with van der Waals surface area (Å²) in [4.78, 5) is 41.9. The second kappa shape index (κ2) is 8.71. The molecule has 176 valence electrons. The number of ketones is 1. The second-order valence-corrected chi connectivity index (χ2v) is 9.53. The fourth-order valence-electron chi connectivity index (χ4n) is 4.32. The second-order valence-electron chi connectivity index (χ2n) is 8.57. The van der Waals surface area contributed by atoms with Crippen LogP contribution in [0, 0.1) is 12.7 Å². The fourth-order valence-corrected chi connectivity index (χ4v) is 5.33. The lowest BCUT2D eigenvalue weighted by molar-refractivity contribution is -0.120. The number of hydrogen-bond donors (Lipinski definition) is 0. The minimum absolute atomic E-state index is 0.0275.